The van der Waals surface area contributed by atoms with E-state index in [4.69, 9.17) is 15.9 Å². The molecule has 1 fully saturated rings. The largest absolute Gasteiger partial charge is 0.493 e. The third kappa shape index (κ3) is 4.25. The summed E-state index contributed by atoms with van der Waals surface area (Å²) in [4.78, 5) is 27.7. The second kappa shape index (κ2) is 9.36. The van der Waals surface area contributed by atoms with Crippen molar-refractivity contribution in [1.82, 2.24) is 5.32 Å². The van der Waals surface area contributed by atoms with Gasteiger partial charge in [0.25, 0.3) is 0 Å². The molecule has 0 aromatic heterocycles. The van der Waals surface area contributed by atoms with Crippen molar-refractivity contribution in [3.63, 3.8) is 0 Å². The van der Waals surface area contributed by atoms with Crippen molar-refractivity contribution in [3.05, 3.63) is 53.6 Å². The molecule has 0 aliphatic carbocycles. The molecule has 0 bridgehead atoms. The third-order valence-corrected chi connectivity index (χ3v) is 5.36. The highest BCUT2D eigenvalue weighted by molar-refractivity contribution is 5.97. The number of hydrogen-bond donors (Lipinski definition) is 1. The van der Waals surface area contributed by atoms with Crippen molar-refractivity contribution in [2.75, 3.05) is 25.7 Å². The third-order valence-electron chi connectivity index (χ3n) is 5.36. The van der Waals surface area contributed by atoms with E-state index in [0.29, 0.717) is 17.9 Å². The predicted molar refractivity (Wildman–Crippen MR) is 116 cm³/mol. The van der Waals surface area contributed by atoms with Gasteiger partial charge in [0.2, 0.25) is 11.8 Å². The minimum absolute atomic E-state index is 0.0281. The zero-order valence-electron chi connectivity index (χ0n) is 17.5. The van der Waals surface area contributed by atoms with Gasteiger partial charge in [0.1, 0.15) is 0 Å². The molecule has 0 spiro atoms. The van der Waals surface area contributed by atoms with Gasteiger partial charge in [0.15, 0.2) is 11.5 Å². The Bertz CT molecular complexity index is 962. The Kier molecular flexibility index (Phi) is 6.63. The van der Waals surface area contributed by atoms with E-state index in [1.54, 1.807) is 25.2 Å². The number of anilines is 1. The average molecular weight is 406 g/mol. The van der Waals surface area contributed by atoms with Crippen molar-refractivity contribution < 1.29 is 19.1 Å². The molecule has 30 heavy (non-hydrogen) atoms. The molecule has 2 amide bonds. The summed E-state index contributed by atoms with van der Waals surface area (Å²) in [5, 5.41) is 2.78. The Morgan fingerprint density at radius 2 is 1.87 bits per heavy atom. The molecule has 1 aliphatic heterocycles. The Morgan fingerprint density at radius 1 is 1.17 bits per heavy atom. The Morgan fingerprint density at radius 3 is 2.50 bits per heavy atom. The molecule has 1 aliphatic rings. The summed E-state index contributed by atoms with van der Waals surface area (Å²) >= 11 is 0. The maximum atomic E-state index is 13.0. The molecule has 6 heteroatoms. The van der Waals surface area contributed by atoms with Crippen molar-refractivity contribution >= 4 is 17.5 Å². The van der Waals surface area contributed by atoms with Gasteiger partial charge < -0.3 is 19.7 Å². The van der Waals surface area contributed by atoms with E-state index in [0.717, 1.165) is 16.8 Å². The van der Waals surface area contributed by atoms with Crippen LogP contribution < -0.4 is 19.7 Å². The first-order chi connectivity index (χ1) is 14.5. The Labute approximate surface area is 177 Å². The summed E-state index contributed by atoms with van der Waals surface area (Å²) in [5.74, 6) is 2.91. The smallest absolute Gasteiger partial charge is 0.227 e. The fourth-order valence-corrected chi connectivity index (χ4v) is 3.86. The van der Waals surface area contributed by atoms with E-state index in [1.807, 2.05) is 43.3 Å². The Hall–Kier alpha value is -3.46. The van der Waals surface area contributed by atoms with Gasteiger partial charge >= 0.3 is 0 Å². The molecule has 1 heterocycles. The fraction of sp³-hybridized carbons (Fsp3) is 0.333. The maximum absolute atomic E-state index is 13.0. The van der Waals surface area contributed by atoms with Gasteiger partial charge in [-0.1, -0.05) is 29.7 Å². The van der Waals surface area contributed by atoms with Crippen LogP contribution in [-0.4, -0.2) is 32.6 Å². The average Bonchev–Trinajstić information content (AvgIpc) is 2.77. The second-order valence-corrected chi connectivity index (χ2v) is 7.23. The van der Waals surface area contributed by atoms with E-state index in [2.05, 4.69) is 11.2 Å². The van der Waals surface area contributed by atoms with Gasteiger partial charge in [-0.25, -0.2) is 0 Å². The molecule has 2 atom stereocenters. The number of carbonyl (C=O) groups is 2. The van der Waals surface area contributed by atoms with Gasteiger partial charge in [-0.3, -0.25) is 9.59 Å². The number of nitrogens with one attached hydrogen (secondary N) is 1. The lowest BCUT2D eigenvalue weighted by molar-refractivity contribution is -0.129. The molecule has 1 N–H and O–H groups in total. The molecule has 156 valence electrons. The number of piperidine rings is 1. The molecule has 0 radical (unpaired) electrons. The minimum Gasteiger partial charge on any atom is -0.493 e. The molecule has 2 aromatic rings. The van der Waals surface area contributed by atoms with Crippen molar-refractivity contribution in [2.24, 2.45) is 5.92 Å². The fourth-order valence-electron chi connectivity index (χ4n) is 3.86. The van der Waals surface area contributed by atoms with Crippen LogP contribution in [0.15, 0.2) is 42.5 Å². The number of amides is 2. The summed E-state index contributed by atoms with van der Waals surface area (Å²) < 4.78 is 10.8. The molecule has 3 rings (SSSR count). The molecule has 6 nitrogen and oxygen atoms in total. The number of terminal acetylenes is 1. The van der Waals surface area contributed by atoms with Crippen molar-refractivity contribution in [3.8, 4) is 23.8 Å². The summed E-state index contributed by atoms with van der Waals surface area (Å²) in [5.41, 5.74) is 2.64. The first kappa shape index (κ1) is 21.3. The lowest BCUT2D eigenvalue weighted by atomic mass is 9.83. The van der Waals surface area contributed by atoms with E-state index in [-0.39, 0.29) is 24.8 Å². The molecule has 2 unspecified atom stereocenters. The number of nitrogens with zero attached hydrogens (tertiary/aromatic N) is 1. The number of carbonyl (C=O) groups excluding carboxylic acids is 2. The number of ether oxygens (including phenoxy) is 2. The topological polar surface area (TPSA) is 67.9 Å². The quantitative estimate of drug-likeness (QED) is 0.748. The van der Waals surface area contributed by atoms with Crippen LogP contribution in [0.2, 0.25) is 0 Å². The monoisotopic (exact) mass is 406 g/mol. The highest BCUT2D eigenvalue weighted by atomic mass is 16.5. The van der Waals surface area contributed by atoms with Crippen LogP contribution in [0, 0.1) is 25.2 Å². The standard InChI is InChI=1S/C24H26N2O4/c1-5-14-25-24(28)19-11-13-22(27)26(18-9-6-16(2)7-10-18)23(19)17-8-12-20(29-3)21(15-17)30-4/h1,6-10,12,15,19,23H,11,13-14H2,2-4H3,(H,25,28). The number of methoxy groups -OCH3 is 2. The normalized spacial score (nSPS) is 18.5. The van der Waals surface area contributed by atoms with Crippen LogP contribution in [0.3, 0.4) is 0 Å². The van der Waals surface area contributed by atoms with Gasteiger partial charge in [0.05, 0.1) is 32.7 Å². The van der Waals surface area contributed by atoms with Crippen LogP contribution in [0.5, 0.6) is 11.5 Å². The number of hydrogen-bond acceptors (Lipinski definition) is 4. The van der Waals surface area contributed by atoms with Gasteiger partial charge in [0, 0.05) is 12.1 Å². The van der Waals surface area contributed by atoms with E-state index >= 15 is 0 Å². The highest BCUT2D eigenvalue weighted by Crippen LogP contribution is 2.42. The van der Waals surface area contributed by atoms with Gasteiger partial charge in [-0.15, -0.1) is 6.42 Å². The number of rotatable bonds is 6. The first-order valence-electron chi connectivity index (χ1n) is 9.82. The SMILES string of the molecule is C#CCNC(=O)C1CCC(=O)N(c2ccc(C)cc2)C1c1ccc(OC)c(OC)c1. The summed E-state index contributed by atoms with van der Waals surface area (Å²) in [6.45, 7) is 2.14. The zero-order chi connectivity index (χ0) is 21.7. The molecule has 1 saturated heterocycles. The highest BCUT2D eigenvalue weighted by Gasteiger charge is 2.41. The summed E-state index contributed by atoms with van der Waals surface area (Å²) in [7, 11) is 3.12. The lowest BCUT2D eigenvalue weighted by Gasteiger charge is -2.41. The second-order valence-electron chi connectivity index (χ2n) is 7.23. The molecule has 2 aromatic carbocycles. The summed E-state index contributed by atoms with van der Waals surface area (Å²) in [6.07, 6.45) is 6.04. The van der Waals surface area contributed by atoms with Crippen molar-refractivity contribution in [2.45, 2.75) is 25.8 Å². The predicted octanol–water partition coefficient (Wildman–Crippen LogP) is 3.25. The van der Waals surface area contributed by atoms with E-state index in [9.17, 15) is 9.59 Å². The molecular formula is C24H26N2O4. The van der Waals surface area contributed by atoms with E-state index < -0.39 is 12.0 Å². The van der Waals surface area contributed by atoms with Gasteiger partial charge in [-0.2, -0.15) is 0 Å². The molecular weight excluding hydrogens is 380 g/mol. The van der Waals surface area contributed by atoms with E-state index in [1.165, 1.54) is 0 Å². The summed E-state index contributed by atoms with van der Waals surface area (Å²) in [6, 6.07) is 12.7. The van der Waals surface area contributed by atoms with Crippen LogP contribution in [0.4, 0.5) is 5.69 Å². The maximum Gasteiger partial charge on any atom is 0.227 e. The first-order valence-corrected chi connectivity index (χ1v) is 9.82. The van der Waals surface area contributed by atoms with Crippen LogP contribution in [-0.2, 0) is 9.59 Å². The zero-order valence-corrected chi connectivity index (χ0v) is 17.5. The molecule has 0 saturated carbocycles. The lowest BCUT2D eigenvalue weighted by Crippen LogP contribution is -2.48. The van der Waals surface area contributed by atoms with Gasteiger partial charge in [-0.05, 0) is 43.2 Å². The van der Waals surface area contributed by atoms with Crippen LogP contribution in [0.25, 0.3) is 0 Å². The van der Waals surface area contributed by atoms with Crippen LogP contribution >= 0.6 is 0 Å². The minimum atomic E-state index is -0.494. The Balaban J connectivity index is 2.11. The van der Waals surface area contributed by atoms with Crippen LogP contribution in [0.1, 0.15) is 30.0 Å². The number of aryl methyl sites for hydroxylation is 1. The number of benzene rings is 2. The van der Waals surface area contributed by atoms with Crippen molar-refractivity contribution in [1.29, 1.82) is 0 Å².